The molecule has 2 unspecified atom stereocenters. The third-order valence-corrected chi connectivity index (χ3v) is 5.03. The molecule has 0 aliphatic carbocycles. The summed E-state index contributed by atoms with van der Waals surface area (Å²) in [6, 6.07) is 0. The Morgan fingerprint density at radius 1 is 0.857 bits per heavy atom. The van der Waals surface area contributed by atoms with Crippen molar-refractivity contribution in [2.45, 2.75) is 95.8 Å². The fraction of sp³-hybridized carbons (Fsp3) is 1.00. The van der Waals surface area contributed by atoms with Crippen LogP contribution < -0.4 is 51.4 Å². The molecule has 4 nitrogen and oxygen atoms in total. The van der Waals surface area contributed by atoms with Crippen LogP contribution in [0.25, 0.3) is 0 Å². The normalized spacial score (nSPS) is 14.5. The van der Waals surface area contributed by atoms with Crippen molar-refractivity contribution in [1.82, 2.24) is 0 Å². The quantitative estimate of drug-likeness (QED) is 0.301. The van der Waals surface area contributed by atoms with Crippen LogP contribution in [0.5, 0.6) is 0 Å². The van der Waals surface area contributed by atoms with E-state index in [1.165, 1.54) is 0 Å². The zero-order valence-electron chi connectivity index (χ0n) is 14.0. The summed E-state index contributed by atoms with van der Waals surface area (Å²) in [5.74, 6) is 0. The largest absolute Gasteiger partial charge is 1.00 e. The summed E-state index contributed by atoms with van der Waals surface area (Å²) in [5.41, 5.74) is 0. The Labute approximate surface area is 173 Å². The van der Waals surface area contributed by atoms with Gasteiger partial charge in [0.15, 0.2) is 0 Å². The van der Waals surface area contributed by atoms with Gasteiger partial charge in [-0.25, -0.2) is 8.42 Å². The van der Waals surface area contributed by atoms with Gasteiger partial charge in [0.25, 0.3) is 0 Å². The fourth-order valence-electron chi connectivity index (χ4n) is 2.39. The van der Waals surface area contributed by atoms with Crippen LogP contribution in [-0.2, 0) is 10.1 Å². The average Bonchev–Trinajstić information content (AvgIpc) is 2.36. The Hall–Kier alpha value is 1.51. The molecule has 0 rings (SSSR count). The van der Waals surface area contributed by atoms with Crippen LogP contribution in [0.1, 0.15) is 84.5 Å². The van der Waals surface area contributed by atoms with E-state index in [1.54, 1.807) is 0 Å². The van der Waals surface area contributed by atoms with E-state index in [-0.39, 0.29) is 57.5 Å². The molecule has 0 spiro atoms. The molecule has 0 heterocycles. The predicted octanol–water partition coefficient (Wildman–Crippen LogP) is 0.596. The first-order valence-electron chi connectivity index (χ1n) is 8.04. The van der Waals surface area contributed by atoms with Crippen LogP contribution in [0.4, 0.5) is 0 Å². The first-order valence-corrected chi connectivity index (χ1v) is 9.51. The van der Waals surface area contributed by atoms with E-state index in [0.29, 0.717) is 25.7 Å². The molecule has 0 bridgehead atoms. The molecule has 0 aliphatic heterocycles. The second kappa shape index (κ2) is 15.1. The maximum atomic E-state index is 11.1. The minimum atomic E-state index is -4.17. The van der Waals surface area contributed by atoms with Crippen LogP contribution in [0.2, 0.25) is 0 Å². The van der Waals surface area contributed by atoms with Crippen molar-refractivity contribution in [2.24, 2.45) is 0 Å². The molecule has 6 heteroatoms. The summed E-state index contributed by atoms with van der Waals surface area (Å²) >= 11 is 0. The summed E-state index contributed by atoms with van der Waals surface area (Å²) in [6.07, 6.45) is 8.70. The Bertz CT molecular complexity index is 320. The van der Waals surface area contributed by atoms with Gasteiger partial charge >= 0.3 is 51.4 Å². The van der Waals surface area contributed by atoms with Gasteiger partial charge in [0.2, 0.25) is 0 Å². The summed E-state index contributed by atoms with van der Waals surface area (Å²) in [4.78, 5) is 0. The minimum absolute atomic E-state index is 0. The molecular weight excluding hydrogens is 315 g/mol. The molecule has 0 aromatic rings. The van der Waals surface area contributed by atoms with E-state index in [1.807, 2.05) is 6.92 Å². The van der Waals surface area contributed by atoms with Crippen molar-refractivity contribution in [3.05, 3.63) is 0 Å². The van der Waals surface area contributed by atoms with Gasteiger partial charge in [0, 0.05) is 5.25 Å². The van der Waals surface area contributed by atoms with Gasteiger partial charge in [0.1, 0.15) is 0 Å². The molecular formula is C15H31KO4S. The van der Waals surface area contributed by atoms with Crippen LogP contribution in [-0.4, -0.2) is 29.4 Å². The molecule has 0 aromatic carbocycles. The van der Waals surface area contributed by atoms with Gasteiger partial charge in [-0.05, 0) is 25.7 Å². The monoisotopic (exact) mass is 346 g/mol. The Morgan fingerprint density at radius 2 is 1.29 bits per heavy atom. The summed E-state index contributed by atoms with van der Waals surface area (Å²) in [6.45, 7) is 4.12. The van der Waals surface area contributed by atoms with Gasteiger partial charge in [0.05, 0.1) is 16.2 Å². The molecule has 0 amide bonds. The fourth-order valence-corrected chi connectivity index (χ4v) is 3.30. The van der Waals surface area contributed by atoms with Crippen LogP contribution in [0.15, 0.2) is 0 Å². The van der Waals surface area contributed by atoms with Gasteiger partial charge < -0.3 is 9.66 Å². The zero-order valence-corrected chi connectivity index (χ0v) is 18.0. The maximum absolute atomic E-state index is 11.1. The molecule has 1 N–H and O–H groups in total. The molecule has 2 atom stereocenters. The molecule has 0 radical (unpaired) electrons. The van der Waals surface area contributed by atoms with E-state index < -0.39 is 15.4 Å². The van der Waals surface area contributed by atoms with E-state index in [4.69, 9.17) is 0 Å². The maximum Gasteiger partial charge on any atom is 1.00 e. The zero-order chi connectivity index (χ0) is 15.4. The van der Waals surface area contributed by atoms with Crippen molar-refractivity contribution in [3.63, 3.8) is 0 Å². The Balaban J connectivity index is 0. The van der Waals surface area contributed by atoms with Crippen molar-refractivity contribution < 1.29 is 69.5 Å². The number of hydrogen-bond donors (Lipinski definition) is 1. The molecule has 0 saturated heterocycles. The van der Waals surface area contributed by atoms with Crippen molar-refractivity contribution in [2.75, 3.05) is 0 Å². The molecule has 21 heavy (non-hydrogen) atoms. The molecule has 0 fully saturated rings. The number of unbranched alkanes of at least 4 members (excludes halogenated alkanes) is 4. The van der Waals surface area contributed by atoms with Crippen LogP contribution >= 0.6 is 0 Å². The Morgan fingerprint density at radius 3 is 1.76 bits per heavy atom. The Kier molecular flexibility index (Phi) is 17.8. The SMILES string of the molecule is CCCCCC(O)CCCCC(CCCC)S(=O)(=O)[O-].[K+]. The summed E-state index contributed by atoms with van der Waals surface area (Å²) in [7, 11) is -4.17. The van der Waals surface area contributed by atoms with E-state index in [0.717, 1.165) is 44.9 Å². The summed E-state index contributed by atoms with van der Waals surface area (Å²) < 4.78 is 33.4. The second-order valence-corrected chi connectivity index (χ2v) is 7.34. The molecule has 0 saturated carbocycles. The van der Waals surface area contributed by atoms with Crippen molar-refractivity contribution in [1.29, 1.82) is 0 Å². The molecule has 122 valence electrons. The second-order valence-electron chi connectivity index (χ2n) is 5.69. The van der Waals surface area contributed by atoms with Gasteiger partial charge in [-0.1, -0.05) is 58.8 Å². The first-order chi connectivity index (χ1) is 9.41. The number of aliphatic hydroxyl groups excluding tert-OH is 1. The third-order valence-electron chi connectivity index (χ3n) is 3.74. The van der Waals surface area contributed by atoms with Crippen molar-refractivity contribution >= 4 is 10.1 Å². The number of hydrogen-bond acceptors (Lipinski definition) is 4. The van der Waals surface area contributed by atoms with E-state index in [9.17, 15) is 18.1 Å². The first kappa shape index (κ1) is 24.8. The van der Waals surface area contributed by atoms with Gasteiger partial charge in [-0.3, -0.25) is 0 Å². The molecule has 0 aliphatic rings. The van der Waals surface area contributed by atoms with E-state index >= 15 is 0 Å². The van der Waals surface area contributed by atoms with Gasteiger partial charge in [-0.2, -0.15) is 0 Å². The minimum Gasteiger partial charge on any atom is -0.748 e. The number of rotatable bonds is 13. The third kappa shape index (κ3) is 14.8. The van der Waals surface area contributed by atoms with Crippen LogP contribution in [0.3, 0.4) is 0 Å². The smallest absolute Gasteiger partial charge is 0.748 e. The van der Waals surface area contributed by atoms with E-state index in [2.05, 4.69) is 6.92 Å². The van der Waals surface area contributed by atoms with Gasteiger partial charge in [-0.15, -0.1) is 0 Å². The topological polar surface area (TPSA) is 77.4 Å². The van der Waals surface area contributed by atoms with Crippen LogP contribution in [0, 0.1) is 0 Å². The average molecular weight is 347 g/mol. The standard InChI is InChI=1S/C15H32O4S.K/c1-3-5-7-10-14(16)11-8-9-13-15(12-6-4-2)20(17,18)19;/h14-16H,3-13H2,1-2H3,(H,17,18,19);/q;+1/p-1. The van der Waals surface area contributed by atoms with Crippen molar-refractivity contribution in [3.8, 4) is 0 Å². The predicted molar refractivity (Wildman–Crippen MR) is 81.6 cm³/mol. The number of aliphatic hydroxyl groups is 1. The summed E-state index contributed by atoms with van der Waals surface area (Å²) in [5, 5.41) is 9.03. The molecule has 0 aromatic heterocycles.